The van der Waals surface area contributed by atoms with Gasteiger partial charge in [0.05, 0.1) is 18.3 Å². The molecule has 4 saturated carbocycles. The average molecular weight is 571 g/mol. The van der Waals surface area contributed by atoms with Gasteiger partial charge in [-0.25, -0.2) is 0 Å². The van der Waals surface area contributed by atoms with E-state index in [1.807, 2.05) is 13.0 Å². The van der Waals surface area contributed by atoms with Gasteiger partial charge in [0.2, 0.25) is 0 Å². The third-order valence-corrected chi connectivity index (χ3v) is 13.8. The molecule has 0 saturated heterocycles. The summed E-state index contributed by atoms with van der Waals surface area (Å²) in [7, 11) is 0. The Kier molecular flexibility index (Phi) is 6.95. The van der Waals surface area contributed by atoms with E-state index in [0.717, 1.165) is 38.5 Å². The highest BCUT2D eigenvalue weighted by Gasteiger charge is 2.70. The number of rotatable bonds is 5. The molecule has 5 aliphatic rings. The zero-order valence-corrected chi connectivity index (χ0v) is 26.1. The lowest BCUT2D eigenvalue weighted by molar-refractivity contribution is -0.211. The van der Waals surface area contributed by atoms with Crippen molar-refractivity contribution in [2.45, 2.75) is 125 Å². The highest BCUT2D eigenvalue weighted by molar-refractivity contribution is 5.95. The quantitative estimate of drug-likeness (QED) is 0.348. The molecule has 0 aromatic heterocycles. The number of hydrogen-bond acceptors (Lipinski definition) is 5. The normalized spacial score (nSPS) is 46.6. The number of carboxylic acids is 2. The van der Waals surface area contributed by atoms with E-state index in [0.29, 0.717) is 19.3 Å². The molecule has 0 aromatic carbocycles. The van der Waals surface area contributed by atoms with Crippen molar-refractivity contribution in [2.75, 3.05) is 0 Å². The monoisotopic (exact) mass is 570 g/mol. The van der Waals surface area contributed by atoms with E-state index in [9.17, 15) is 24.3 Å². The standard InChI is InChI=1S/C34H50O7/c1-29(2)23-10-13-34(7)27(32(23,5)12-11-24(29)41-26(38)9-8-25(36)37)22(35)18-20-21-19-31(4,28(39)40)15-14-30(21,3)16-17-33(20,34)6/h18,21,23-24,27H,8-17,19H2,1-7H3,(H,36,37)(H,39,40)/t21?,23?,24?,27?,30-,31+,32+,33-,34-/m1/s1. The first-order valence-electron chi connectivity index (χ1n) is 15.7. The van der Waals surface area contributed by atoms with Crippen molar-refractivity contribution in [2.24, 2.45) is 50.2 Å². The molecule has 228 valence electrons. The van der Waals surface area contributed by atoms with Crippen molar-refractivity contribution in [1.29, 1.82) is 0 Å². The van der Waals surface area contributed by atoms with E-state index in [1.165, 1.54) is 5.57 Å². The van der Waals surface area contributed by atoms with Crippen molar-refractivity contribution in [1.82, 2.24) is 0 Å². The molecular formula is C34H50O7. The first kappa shape index (κ1) is 30.3. The molecule has 5 rings (SSSR count). The predicted octanol–water partition coefficient (Wildman–Crippen LogP) is 6.83. The number of aliphatic carboxylic acids is 2. The Morgan fingerprint density at radius 3 is 2.17 bits per heavy atom. The number of carbonyl (C=O) groups is 4. The minimum Gasteiger partial charge on any atom is -0.481 e. The molecule has 4 fully saturated rings. The van der Waals surface area contributed by atoms with Crippen LogP contribution in [0, 0.1) is 50.2 Å². The molecular weight excluding hydrogens is 520 g/mol. The number of fused-ring (bicyclic) bond motifs is 7. The smallest absolute Gasteiger partial charge is 0.309 e. The van der Waals surface area contributed by atoms with Gasteiger partial charge in [0.1, 0.15) is 6.10 Å². The zero-order chi connectivity index (χ0) is 30.4. The van der Waals surface area contributed by atoms with Gasteiger partial charge < -0.3 is 14.9 Å². The maximum absolute atomic E-state index is 14.5. The Bertz CT molecular complexity index is 1200. The van der Waals surface area contributed by atoms with Gasteiger partial charge in [-0.2, -0.15) is 0 Å². The van der Waals surface area contributed by atoms with E-state index in [4.69, 9.17) is 9.84 Å². The molecule has 0 aliphatic heterocycles. The van der Waals surface area contributed by atoms with Gasteiger partial charge in [-0.1, -0.05) is 47.1 Å². The van der Waals surface area contributed by atoms with Crippen molar-refractivity contribution in [3.63, 3.8) is 0 Å². The van der Waals surface area contributed by atoms with Crippen LogP contribution in [0.2, 0.25) is 0 Å². The first-order chi connectivity index (χ1) is 18.8. The second kappa shape index (κ2) is 9.41. The molecule has 0 spiro atoms. The van der Waals surface area contributed by atoms with E-state index < -0.39 is 23.3 Å². The number of ketones is 1. The van der Waals surface area contributed by atoms with Gasteiger partial charge >= 0.3 is 17.9 Å². The molecule has 0 bridgehead atoms. The highest BCUT2D eigenvalue weighted by atomic mass is 16.5. The van der Waals surface area contributed by atoms with Crippen LogP contribution in [0.25, 0.3) is 0 Å². The molecule has 5 aliphatic carbocycles. The topological polar surface area (TPSA) is 118 Å². The van der Waals surface area contributed by atoms with Gasteiger partial charge in [-0.3, -0.25) is 19.2 Å². The predicted molar refractivity (Wildman–Crippen MR) is 154 cm³/mol. The third kappa shape index (κ3) is 4.25. The van der Waals surface area contributed by atoms with Crippen LogP contribution in [-0.2, 0) is 23.9 Å². The summed E-state index contributed by atoms with van der Waals surface area (Å²) in [5.41, 5.74) is -0.553. The van der Waals surface area contributed by atoms with E-state index in [2.05, 4.69) is 41.5 Å². The largest absolute Gasteiger partial charge is 0.481 e. The number of carboxylic acid groups (broad SMARTS) is 2. The molecule has 41 heavy (non-hydrogen) atoms. The minimum atomic E-state index is -1.01. The van der Waals surface area contributed by atoms with E-state index in [1.54, 1.807) is 0 Å². The summed E-state index contributed by atoms with van der Waals surface area (Å²) in [5, 5.41) is 19.1. The lowest BCUT2D eigenvalue weighted by Gasteiger charge is -2.70. The lowest BCUT2D eigenvalue weighted by Crippen LogP contribution is -2.66. The van der Waals surface area contributed by atoms with Crippen LogP contribution in [0.5, 0.6) is 0 Å². The molecule has 0 radical (unpaired) electrons. The Labute approximate surface area is 244 Å². The van der Waals surface area contributed by atoms with Gasteiger partial charge in [-0.05, 0) is 104 Å². The van der Waals surface area contributed by atoms with Crippen LogP contribution in [0.3, 0.4) is 0 Å². The molecule has 0 aromatic rings. The van der Waals surface area contributed by atoms with Crippen LogP contribution in [-0.4, -0.2) is 40.0 Å². The maximum atomic E-state index is 14.5. The zero-order valence-electron chi connectivity index (χ0n) is 26.1. The number of ether oxygens (including phenoxy) is 1. The number of esters is 1. The molecule has 7 heteroatoms. The van der Waals surface area contributed by atoms with Gasteiger partial charge in [0.15, 0.2) is 5.78 Å². The number of hydrogen-bond donors (Lipinski definition) is 2. The number of allylic oxidation sites excluding steroid dienone is 2. The fourth-order valence-corrected chi connectivity index (χ4v) is 11.0. The van der Waals surface area contributed by atoms with Crippen LogP contribution in [0.4, 0.5) is 0 Å². The van der Waals surface area contributed by atoms with Crippen molar-refractivity contribution < 1.29 is 34.1 Å². The van der Waals surface area contributed by atoms with E-state index in [-0.39, 0.29) is 69.6 Å². The van der Waals surface area contributed by atoms with E-state index >= 15 is 0 Å². The van der Waals surface area contributed by atoms with Crippen molar-refractivity contribution in [3.05, 3.63) is 11.6 Å². The van der Waals surface area contributed by atoms with Crippen molar-refractivity contribution in [3.8, 4) is 0 Å². The van der Waals surface area contributed by atoms with Crippen LogP contribution < -0.4 is 0 Å². The van der Waals surface area contributed by atoms with Crippen molar-refractivity contribution >= 4 is 23.7 Å². The Balaban J connectivity index is 1.49. The fourth-order valence-electron chi connectivity index (χ4n) is 11.0. The summed E-state index contributed by atoms with van der Waals surface area (Å²) in [6, 6.07) is 0. The Morgan fingerprint density at radius 2 is 1.54 bits per heavy atom. The first-order valence-corrected chi connectivity index (χ1v) is 15.7. The summed E-state index contributed by atoms with van der Waals surface area (Å²) in [6.07, 6.45) is 8.80. The SMILES string of the molecule is CC1(C)C(OC(=O)CCC(=O)O)CC[C@@]2(C)C1CC[C@]1(C)C2C(=O)C=C2C3C[C@@](C)(C(=O)O)CC[C@]3(C)CC[C@]21C. The summed E-state index contributed by atoms with van der Waals surface area (Å²) < 4.78 is 5.91. The Morgan fingerprint density at radius 1 is 0.878 bits per heavy atom. The average Bonchev–Trinajstić information content (AvgIpc) is 2.86. The molecule has 0 heterocycles. The molecule has 9 atom stereocenters. The summed E-state index contributed by atoms with van der Waals surface area (Å²) >= 11 is 0. The maximum Gasteiger partial charge on any atom is 0.309 e. The van der Waals surface area contributed by atoms with Crippen LogP contribution >= 0.6 is 0 Å². The van der Waals surface area contributed by atoms with Gasteiger partial charge in [0, 0.05) is 11.3 Å². The van der Waals surface area contributed by atoms with Gasteiger partial charge in [0.25, 0.3) is 0 Å². The summed E-state index contributed by atoms with van der Waals surface area (Å²) in [6.45, 7) is 15.5. The van der Waals surface area contributed by atoms with Gasteiger partial charge in [-0.15, -0.1) is 0 Å². The third-order valence-electron chi connectivity index (χ3n) is 13.8. The lowest BCUT2D eigenvalue weighted by atomic mass is 9.33. The molecule has 2 N–H and O–H groups in total. The molecule has 4 unspecified atom stereocenters. The summed E-state index contributed by atoms with van der Waals surface area (Å²) in [4.78, 5) is 50.3. The summed E-state index contributed by atoms with van der Waals surface area (Å²) in [5.74, 6) is -1.87. The van der Waals surface area contributed by atoms with Crippen LogP contribution in [0.15, 0.2) is 11.6 Å². The second-order valence-corrected chi connectivity index (χ2v) is 16.3. The molecule has 7 nitrogen and oxygen atoms in total. The highest BCUT2D eigenvalue weighted by Crippen LogP contribution is 2.75. The van der Waals surface area contributed by atoms with Crippen LogP contribution in [0.1, 0.15) is 119 Å². The molecule has 0 amide bonds. The number of carbonyl (C=O) groups excluding carboxylic acids is 2. The minimum absolute atomic E-state index is 0.0233. The Hall–Kier alpha value is -2.18. The second-order valence-electron chi connectivity index (χ2n) is 16.3. The fraction of sp³-hybridized carbons (Fsp3) is 0.824.